The molecule has 1 amide bonds. The van der Waals surface area contributed by atoms with E-state index in [9.17, 15) is 13.2 Å². The summed E-state index contributed by atoms with van der Waals surface area (Å²) in [4.78, 5) is 12.7. The van der Waals surface area contributed by atoms with E-state index in [1.54, 1.807) is 4.68 Å². The van der Waals surface area contributed by atoms with Gasteiger partial charge < -0.3 is 5.32 Å². The fourth-order valence-electron chi connectivity index (χ4n) is 3.39. The molecule has 3 rings (SSSR count). The zero-order valence-corrected chi connectivity index (χ0v) is 16.5. The van der Waals surface area contributed by atoms with E-state index in [2.05, 4.69) is 10.4 Å². The molecule has 6 nitrogen and oxygen atoms in total. The summed E-state index contributed by atoms with van der Waals surface area (Å²) in [6, 6.07) is 5.89. The van der Waals surface area contributed by atoms with Crippen LogP contribution in [0.2, 0.25) is 0 Å². The molecule has 1 aromatic heterocycles. The van der Waals surface area contributed by atoms with E-state index in [1.165, 1.54) is 0 Å². The Kier molecular flexibility index (Phi) is 4.92. The van der Waals surface area contributed by atoms with Crippen LogP contribution in [-0.4, -0.2) is 24.1 Å². The van der Waals surface area contributed by atoms with Crippen molar-refractivity contribution in [2.75, 3.05) is 5.32 Å². The van der Waals surface area contributed by atoms with Crippen molar-refractivity contribution in [1.82, 2.24) is 9.78 Å². The highest BCUT2D eigenvalue weighted by Gasteiger charge is 2.34. The second-order valence-electron chi connectivity index (χ2n) is 6.94. The standard InChI is InChI=1S/C19H25N3O3S/c1-5-14(6-2)19(23)20-18-15-10-26(24,25)11-16(15)21-22(18)17-9-7-8-12(3)13(17)4/h7-9,14H,5-6,10-11H2,1-4H3,(H,20,23). The average Bonchev–Trinajstić information content (AvgIpc) is 3.04. The van der Waals surface area contributed by atoms with Gasteiger partial charge in [0.05, 0.1) is 22.9 Å². The van der Waals surface area contributed by atoms with Gasteiger partial charge in [-0.2, -0.15) is 5.10 Å². The Labute approximate surface area is 154 Å². The number of benzene rings is 1. The normalized spacial score (nSPS) is 15.3. The fourth-order valence-corrected chi connectivity index (χ4v) is 4.88. The number of carbonyl (C=O) groups is 1. The largest absolute Gasteiger partial charge is 0.310 e. The number of anilines is 1. The first-order valence-corrected chi connectivity index (χ1v) is 10.8. The van der Waals surface area contributed by atoms with Gasteiger partial charge in [-0.1, -0.05) is 26.0 Å². The van der Waals surface area contributed by atoms with Gasteiger partial charge in [-0.25, -0.2) is 13.1 Å². The average molecular weight is 375 g/mol. The molecule has 0 saturated heterocycles. The number of hydrogen-bond donors (Lipinski definition) is 1. The number of sulfone groups is 1. The van der Waals surface area contributed by atoms with Crippen LogP contribution in [0.25, 0.3) is 5.69 Å². The quantitative estimate of drug-likeness (QED) is 0.869. The summed E-state index contributed by atoms with van der Waals surface area (Å²) in [5.74, 6) is 0.144. The van der Waals surface area contributed by atoms with Crippen LogP contribution in [0.3, 0.4) is 0 Å². The summed E-state index contributed by atoms with van der Waals surface area (Å²) in [5.41, 5.74) is 4.17. The molecule has 1 aromatic carbocycles. The third-order valence-corrected chi connectivity index (χ3v) is 6.63. The first kappa shape index (κ1) is 18.6. The van der Waals surface area contributed by atoms with Crippen LogP contribution in [0.1, 0.15) is 49.1 Å². The molecule has 2 heterocycles. The smallest absolute Gasteiger partial charge is 0.228 e. The summed E-state index contributed by atoms with van der Waals surface area (Å²) in [7, 11) is -3.20. The molecule has 1 N–H and O–H groups in total. The van der Waals surface area contributed by atoms with Gasteiger partial charge in [0.15, 0.2) is 9.84 Å². The van der Waals surface area contributed by atoms with Crippen LogP contribution in [-0.2, 0) is 26.1 Å². The van der Waals surface area contributed by atoms with Gasteiger partial charge in [-0.3, -0.25) is 4.79 Å². The summed E-state index contributed by atoms with van der Waals surface area (Å²) < 4.78 is 25.8. The van der Waals surface area contributed by atoms with E-state index in [0.717, 1.165) is 29.7 Å². The minimum atomic E-state index is -3.20. The molecule has 7 heteroatoms. The van der Waals surface area contributed by atoms with Gasteiger partial charge in [0, 0.05) is 11.5 Å². The maximum absolute atomic E-state index is 12.7. The van der Waals surface area contributed by atoms with Crippen molar-refractivity contribution in [2.45, 2.75) is 52.0 Å². The van der Waals surface area contributed by atoms with Gasteiger partial charge in [0.1, 0.15) is 5.82 Å². The van der Waals surface area contributed by atoms with Crippen LogP contribution in [0.5, 0.6) is 0 Å². The highest BCUT2D eigenvalue weighted by Crippen LogP contribution is 2.34. The first-order valence-electron chi connectivity index (χ1n) is 8.96. The van der Waals surface area contributed by atoms with Gasteiger partial charge >= 0.3 is 0 Å². The lowest BCUT2D eigenvalue weighted by atomic mass is 10.0. The molecule has 1 aliphatic rings. The summed E-state index contributed by atoms with van der Waals surface area (Å²) in [5, 5.41) is 7.52. The molecular weight excluding hydrogens is 350 g/mol. The number of aromatic nitrogens is 2. The Balaban J connectivity index is 2.12. The van der Waals surface area contributed by atoms with Crippen molar-refractivity contribution in [3.05, 3.63) is 40.6 Å². The molecule has 0 aliphatic carbocycles. The van der Waals surface area contributed by atoms with Gasteiger partial charge in [0.2, 0.25) is 5.91 Å². The topological polar surface area (TPSA) is 81.1 Å². The molecule has 0 atom stereocenters. The number of aryl methyl sites for hydroxylation is 1. The van der Waals surface area contributed by atoms with Crippen molar-refractivity contribution in [3.63, 3.8) is 0 Å². The van der Waals surface area contributed by atoms with Gasteiger partial charge in [-0.05, 0) is 43.9 Å². The first-order chi connectivity index (χ1) is 12.3. The molecule has 0 radical (unpaired) electrons. The number of fused-ring (bicyclic) bond motifs is 1. The Morgan fingerprint density at radius 3 is 2.58 bits per heavy atom. The van der Waals surface area contributed by atoms with E-state index in [1.807, 2.05) is 45.9 Å². The molecule has 2 aromatic rings. The second-order valence-corrected chi connectivity index (χ2v) is 9.00. The van der Waals surface area contributed by atoms with Crippen molar-refractivity contribution in [3.8, 4) is 5.69 Å². The minimum Gasteiger partial charge on any atom is -0.310 e. The summed E-state index contributed by atoms with van der Waals surface area (Å²) in [6.07, 6.45) is 1.47. The number of carbonyl (C=O) groups excluding carboxylic acids is 1. The molecule has 0 fully saturated rings. The van der Waals surface area contributed by atoms with E-state index in [0.29, 0.717) is 17.1 Å². The van der Waals surface area contributed by atoms with E-state index in [4.69, 9.17) is 0 Å². The number of nitrogens with zero attached hydrogens (tertiary/aromatic N) is 2. The third kappa shape index (κ3) is 3.28. The predicted octanol–water partition coefficient (Wildman–Crippen LogP) is 3.29. The maximum atomic E-state index is 12.7. The number of amides is 1. The molecule has 0 bridgehead atoms. The van der Waals surface area contributed by atoms with Crippen LogP contribution in [0, 0.1) is 19.8 Å². The Bertz CT molecular complexity index is 957. The SMILES string of the molecule is CCC(CC)C(=O)Nc1c2c(nn1-c1cccc(C)c1C)CS(=O)(=O)C2. The van der Waals surface area contributed by atoms with Crippen LogP contribution < -0.4 is 5.32 Å². The molecular formula is C19H25N3O3S. The number of nitrogens with one attached hydrogen (secondary N) is 1. The lowest BCUT2D eigenvalue weighted by molar-refractivity contribution is -0.120. The van der Waals surface area contributed by atoms with Crippen molar-refractivity contribution >= 4 is 21.6 Å². The van der Waals surface area contributed by atoms with Crippen LogP contribution in [0.4, 0.5) is 5.82 Å². The Morgan fingerprint density at radius 2 is 1.92 bits per heavy atom. The maximum Gasteiger partial charge on any atom is 0.228 e. The van der Waals surface area contributed by atoms with E-state index in [-0.39, 0.29) is 23.3 Å². The van der Waals surface area contributed by atoms with E-state index < -0.39 is 9.84 Å². The predicted molar refractivity (Wildman–Crippen MR) is 102 cm³/mol. The molecule has 26 heavy (non-hydrogen) atoms. The third-order valence-electron chi connectivity index (χ3n) is 5.19. The number of hydrogen-bond acceptors (Lipinski definition) is 4. The Morgan fingerprint density at radius 1 is 1.23 bits per heavy atom. The minimum absolute atomic E-state index is 0.0753. The zero-order valence-electron chi connectivity index (χ0n) is 15.7. The summed E-state index contributed by atoms with van der Waals surface area (Å²) >= 11 is 0. The lowest BCUT2D eigenvalue weighted by Gasteiger charge is -2.17. The van der Waals surface area contributed by atoms with E-state index >= 15 is 0 Å². The Hall–Kier alpha value is -2.15. The molecule has 1 aliphatic heterocycles. The fraction of sp³-hybridized carbons (Fsp3) is 0.474. The highest BCUT2D eigenvalue weighted by molar-refractivity contribution is 7.90. The summed E-state index contributed by atoms with van der Waals surface area (Å²) in [6.45, 7) is 7.97. The zero-order chi connectivity index (χ0) is 19.1. The van der Waals surface area contributed by atoms with Crippen molar-refractivity contribution < 1.29 is 13.2 Å². The monoisotopic (exact) mass is 375 g/mol. The lowest BCUT2D eigenvalue weighted by Crippen LogP contribution is -2.24. The van der Waals surface area contributed by atoms with Gasteiger partial charge in [0.25, 0.3) is 0 Å². The van der Waals surface area contributed by atoms with Crippen molar-refractivity contribution in [1.29, 1.82) is 0 Å². The highest BCUT2D eigenvalue weighted by atomic mass is 32.2. The van der Waals surface area contributed by atoms with Gasteiger partial charge in [-0.15, -0.1) is 0 Å². The molecule has 0 unspecified atom stereocenters. The van der Waals surface area contributed by atoms with Crippen LogP contribution in [0.15, 0.2) is 18.2 Å². The molecule has 140 valence electrons. The number of rotatable bonds is 5. The second kappa shape index (κ2) is 6.87. The molecule has 0 spiro atoms. The van der Waals surface area contributed by atoms with Crippen LogP contribution >= 0.6 is 0 Å². The molecule has 0 saturated carbocycles. The van der Waals surface area contributed by atoms with Crippen molar-refractivity contribution in [2.24, 2.45) is 5.92 Å².